The van der Waals surface area contributed by atoms with Crippen molar-refractivity contribution in [1.82, 2.24) is 15.3 Å². The number of aromatic nitrogens is 2. The van der Waals surface area contributed by atoms with Gasteiger partial charge in [-0.25, -0.2) is 9.97 Å². The van der Waals surface area contributed by atoms with E-state index in [9.17, 15) is 4.79 Å². The van der Waals surface area contributed by atoms with Gasteiger partial charge in [-0.15, -0.1) is 0 Å². The summed E-state index contributed by atoms with van der Waals surface area (Å²) in [5, 5.41) is 5.43. The summed E-state index contributed by atoms with van der Waals surface area (Å²) in [6, 6.07) is 0. The van der Waals surface area contributed by atoms with Crippen LogP contribution in [-0.4, -0.2) is 42.7 Å². The van der Waals surface area contributed by atoms with Crippen LogP contribution in [-0.2, 0) is 9.53 Å². The van der Waals surface area contributed by atoms with E-state index in [1.807, 2.05) is 0 Å². The fourth-order valence-corrected chi connectivity index (χ4v) is 0.944. The van der Waals surface area contributed by atoms with Crippen molar-refractivity contribution in [3.05, 3.63) is 12.4 Å². The largest absolute Gasteiger partial charge is 0.396 e. The molecule has 1 heterocycles. The number of nitrogens with zero attached hydrogens (tertiary/aromatic N) is 2. The number of nitrogens with one attached hydrogen (secondary N) is 2. The first kappa shape index (κ1) is 12.2. The summed E-state index contributed by atoms with van der Waals surface area (Å²) in [4.78, 5) is 19.0. The van der Waals surface area contributed by atoms with Crippen molar-refractivity contribution >= 4 is 17.5 Å². The maximum atomic E-state index is 11.2. The number of methoxy groups -OCH3 is 1. The third-order valence-corrected chi connectivity index (χ3v) is 1.71. The molecule has 4 N–H and O–H groups in total. The number of hydrogen-bond donors (Lipinski definition) is 3. The first-order valence-electron chi connectivity index (χ1n) is 4.79. The smallest absolute Gasteiger partial charge is 0.239 e. The lowest BCUT2D eigenvalue weighted by molar-refractivity contribution is -0.119. The van der Waals surface area contributed by atoms with Gasteiger partial charge in [-0.3, -0.25) is 4.79 Å². The molecular formula is C9H15N5O2. The summed E-state index contributed by atoms with van der Waals surface area (Å²) in [5.41, 5.74) is 5.90. The van der Waals surface area contributed by atoms with Crippen molar-refractivity contribution in [2.24, 2.45) is 0 Å². The molecule has 7 heteroatoms. The molecule has 0 aliphatic heterocycles. The topological polar surface area (TPSA) is 102 Å². The lowest BCUT2D eigenvalue weighted by Crippen LogP contribution is -2.32. The SMILES string of the molecule is COCCNC(=O)CNc1ncc(N)cn1. The summed E-state index contributed by atoms with van der Waals surface area (Å²) in [7, 11) is 1.58. The molecule has 88 valence electrons. The summed E-state index contributed by atoms with van der Waals surface area (Å²) in [5.74, 6) is 0.230. The standard InChI is InChI=1S/C9H15N5O2/c1-16-3-2-11-8(15)6-14-9-12-4-7(10)5-13-9/h4-5H,2-3,6,10H2,1H3,(H,11,15)(H,12,13,14). The minimum absolute atomic E-state index is 0.119. The van der Waals surface area contributed by atoms with Crippen LogP contribution in [0.2, 0.25) is 0 Å². The molecule has 0 radical (unpaired) electrons. The average Bonchev–Trinajstić information content (AvgIpc) is 2.29. The van der Waals surface area contributed by atoms with Crippen LogP contribution in [0.15, 0.2) is 12.4 Å². The van der Waals surface area contributed by atoms with Gasteiger partial charge in [0.15, 0.2) is 0 Å². The van der Waals surface area contributed by atoms with E-state index in [0.29, 0.717) is 24.8 Å². The van der Waals surface area contributed by atoms with Gasteiger partial charge in [0, 0.05) is 13.7 Å². The van der Waals surface area contributed by atoms with Gasteiger partial charge < -0.3 is 21.1 Å². The Kier molecular flexibility index (Phi) is 5.00. The Morgan fingerprint density at radius 2 is 2.19 bits per heavy atom. The molecule has 1 aromatic heterocycles. The predicted octanol–water partition coefficient (Wildman–Crippen LogP) is -0.767. The second kappa shape index (κ2) is 6.57. The number of hydrogen-bond acceptors (Lipinski definition) is 6. The summed E-state index contributed by atoms with van der Waals surface area (Å²) in [6.45, 7) is 1.09. The van der Waals surface area contributed by atoms with Gasteiger partial charge >= 0.3 is 0 Å². The molecule has 1 aromatic rings. The lowest BCUT2D eigenvalue weighted by Gasteiger charge is -2.05. The van der Waals surface area contributed by atoms with Crippen molar-refractivity contribution in [1.29, 1.82) is 0 Å². The van der Waals surface area contributed by atoms with Gasteiger partial charge in [0.2, 0.25) is 11.9 Å². The third-order valence-electron chi connectivity index (χ3n) is 1.71. The zero-order valence-electron chi connectivity index (χ0n) is 9.06. The van der Waals surface area contributed by atoms with Crippen LogP contribution in [0.4, 0.5) is 11.6 Å². The molecule has 1 rings (SSSR count). The quantitative estimate of drug-likeness (QED) is 0.550. The zero-order valence-corrected chi connectivity index (χ0v) is 9.06. The highest BCUT2D eigenvalue weighted by molar-refractivity contribution is 5.80. The summed E-state index contributed by atoms with van der Waals surface area (Å²) >= 11 is 0. The number of nitrogens with two attached hydrogens (primary N) is 1. The van der Waals surface area contributed by atoms with E-state index in [1.165, 1.54) is 12.4 Å². The maximum Gasteiger partial charge on any atom is 0.239 e. The van der Waals surface area contributed by atoms with Crippen molar-refractivity contribution in [2.45, 2.75) is 0 Å². The molecule has 0 saturated heterocycles. The predicted molar refractivity (Wildman–Crippen MR) is 59.8 cm³/mol. The second-order valence-corrected chi connectivity index (χ2v) is 3.04. The van der Waals surface area contributed by atoms with E-state index >= 15 is 0 Å². The molecule has 0 spiro atoms. The first-order valence-corrected chi connectivity index (χ1v) is 4.79. The van der Waals surface area contributed by atoms with E-state index in [0.717, 1.165) is 0 Å². The number of nitrogen functional groups attached to an aromatic ring is 1. The first-order chi connectivity index (χ1) is 7.72. The summed E-state index contributed by atoms with van der Waals surface area (Å²) in [6.07, 6.45) is 2.94. The minimum atomic E-state index is -0.141. The van der Waals surface area contributed by atoms with Crippen LogP contribution < -0.4 is 16.4 Å². The van der Waals surface area contributed by atoms with Crippen molar-refractivity contribution < 1.29 is 9.53 Å². The molecule has 0 unspecified atom stereocenters. The molecule has 0 aromatic carbocycles. The van der Waals surface area contributed by atoms with E-state index in [1.54, 1.807) is 7.11 Å². The fourth-order valence-electron chi connectivity index (χ4n) is 0.944. The van der Waals surface area contributed by atoms with Crippen LogP contribution >= 0.6 is 0 Å². The van der Waals surface area contributed by atoms with Gasteiger partial charge in [-0.2, -0.15) is 0 Å². The zero-order chi connectivity index (χ0) is 11.8. The number of carbonyl (C=O) groups excluding carboxylic acids is 1. The number of carbonyl (C=O) groups is 1. The van der Waals surface area contributed by atoms with Crippen LogP contribution in [0.3, 0.4) is 0 Å². The maximum absolute atomic E-state index is 11.2. The Balaban J connectivity index is 2.23. The lowest BCUT2D eigenvalue weighted by atomic mass is 10.5. The van der Waals surface area contributed by atoms with Crippen molar-refractivity contribution in [3.63, 3.8) is 0 Å². The molecule has 0 fully saturated rings. The van der Waals surface area contributed by atoms with Crippen LogP contribution in [0.1, 0.15) is 0 Å². The normalized spacial score (nSPS) is 9.81. The number of anilines is 2. The van der Waals surface area contributed by atoms with Crippen LogP contribution in [0.25, 0.3) is 0 Å². The van der Waals surface area contributed by atoms with Gasteiger partial charge in [0.25, 0.3) is 0 Å². The second-order valence-electron chi connectivity index (χ2n) is 3.04. The molecular weight excluding hydrogens is 210 g/mol. The molecule has 0 saturated carbocycles. The van der Waals surface area contributed by atoms with E-state index < -0.39 is 0 Å². The molecule has 7 nitrogen and oxygen atoms in total. The highest BCUT2D eigenvalue weighted by Crippen LogP contribution is 1.99. The minimum Gasteiger partial charge on any atom is -0.396 e. The van der Waals surface area contributed by atoms with Crippen LogP contribution in [0, 0.1) is 0 Å². The average molecular weight is 225 g/mol. The number of ether oxygens (including phenoxy) is 1. The van der Waals surface area contributed by atoms with E-state index in [-0.39, 0.29) is 12.5 Å². The van der Waals surface area contributed by atoms with Gasteiger partial charge in [0.1, 0.15) is 0 Å². The Bertz CT molecular complexity index is 327. The Morgan fingerprint density at radius 3 is 2.81 bits per heavy atom. The van der Waals surface area contributed by atoms with Crippen molar-refractivity contribution in [2.75, 3.05) is 37.9 Å². The monoisotopic (exact) mass is 225 g/mol. The van der Waals surface area contributed by atoms with Gasteiger partial charge in [-0.1, -0.05) is 0 Å². The third kappa shape index (κ3) is 4.56. The Labute approximate surface area is 93.4 Å². The number of amides is 1. The highest BCUT2D eigenvalue weighted by Gasteiger charge is 2.01. The molecule has 0 atom stereocenters. The van der Waals surface area contributed by atoms with Gasteiger partial charge in [-0.05, 0) is 0 Å². The molecule has 0 aliphatic carbocycles. The molecule has 1 amide bonds. The summed E-state index contributed by atoms with van der Waals surface area (Å²) < 4.78 is 4.79. The van der Waals surface area contributed by atoms with Crippen molar-refractivity contribution in [3.8, 4) is 0 Å². The van der Waals surface area contributed by atoms with E-state index in [4.69, 9.17) is 10.5 Å². The number of rotatable bonds is 6. The molecule has 0 aliphatic rings. The highest BCUT2D eigenvalue weighted by atomic mass is 16.5. The Morgan fingerprint density at radius 1 is 1.50 bits per heavy atom. The van der Waals surface area contributed by atoms with Crippen LogP contribution in [0.5, 0.6) is 0 Å². The molecule has 0 bridgehead atoms. The molecule has 16 heavy (non-hydrogen) atoms. The van der Waals surface area contributed by atoms with E-state index in [2.05, 4.69) is 20.6 Å². The fraction of sp³-hybridized carbons (Fsp3) is 0.444. The van der Waals surface area contributed by atoms with Gasteiger partial charge in [0.05, 0.1) is 31.2 Å². The Hall–Kier alpha value is -1.89.